The first-order chi connectivity index (χ1) is 14.5. The maximum atomic E-state index is 4.65. The van der Waals surface area contributed by atoms with E-state index < -0.39 is 0 Å². The van der Waals surface area contributed by atoms with Gasteiger partial charge in [0, 0.05) is 24.5 Å². The smallest absolute Gasteiger partial charge is 0.250 e. The summed E-state index contributed by atoms with van der Waals surface area (Å²) in [4.78, 5) is 16.1. The third-order valence-electron chi connectivity index (χ3n) is 6.14. The van der Waals surface area contributed by atoms with Crippen molar-refractivity contribution in [2.75, 3.05) is 28.7 Å². The van der Waals surface area contributed by atoms with Gasteiger partial charge < -0.3 is 10.2 Å². The van der Waals surface area contributed by atoms with E-state index in [2.05, 4.69) is 56.5 Å². The fourth-order valence-corrected chi connectivity index (χ4v) is 4.24. The number of hydrogen-bond donors (Lipinski definition) is 2. The zero-order valence-electron chi connectivity index (χ0n) is 18.4. The number of hydrazone groups is 1. The van der Waals surface area contributed by atoms with Crippen LogP contribution < -0.4 is 15.6 Å². The van der Waals surface area contributed by atoms with Gasteiger partial charge in [0.1, 0.15) is 0 Å². The van der Waals surface area contributed by atoms with Crippen molar-refractivity contribution in [1.29, 1.82) is 0 Å². The minimum absolute atomic E-state index is 0.371. The molecule has 0 spiro atoms. The van der Waals surface area contributed by atoms with E-state index in [1.165, 1.54) is 31.4 Å². The summed E-state index contributed by atoms with van der Waals surface area (Å²) in [5.41, 5.74) is 5.65. The number of nitrogens with one attached hydrogen (secondary N) is 2. The van der Waals surface area contributed by atoms with Crippen LogP contribution in [-0.4, -0.2) is 33.8 Å². The summed E-state index contributed by atoms with van der Waals surface area (Å²) in [7, 11) is 0. The molecule has 4 rings (SSSR count). The van der Waals surface area contributed by atoms with Crippen molar-refractivity contribution < 1.29 is 0 Å². The molecule has 0 radical (unpaired) electrons. The van der Waals surface area contributed by atoms with Crippen LogP contribution in [0.3, 0.4) is 0 Å². The van der Waals surface area contributed by atoms with Crippen LogP contribution in [0.4, 0.5) is 23.5 Å². The Morgan fingerprint density at radius 1 is 0.933 bits per heavy atom. The first kappa shape index (κ1) is 20.6. The zero-order chi connectivity index (χ0) is 21.0. The average molecular weight is 408 g/mol. The number of anilines is 4. The monoisotopic (exact) mass is 407 g/mol. The third-order valence-corrected chi connectivity index (χ3v) is 6.14. The minimum Gasteiger partial charge on any atom is -0.341 e. The molecule has 160 valence electrons. The molecule has 7 heteroatoms. The summed E-state index contributed by atoms with van der Waals surface area (Å²) in [6.07, 6.45) is 6.81. The Balaban J connectivity index is 1.49. The number of para-hydroxylation sites is 1. The van der Waals surface area contributed by atoms with Gasteiger partial charge in [-0.25, -0.2) is 5.43 Å². The van der Waals surface area contributed by atoms with Crippen LogP contribution in [0.2, 0.25) is 0 Å². The third kappa shape index (κ3) is 5.26. The molecule has 1 saturated carbocycles. The van der Waals surface area contributed by atoms with E-state index in [0.717, 1.165) is 37.5 Å². The Bertz CT molecular complexity index is 857. The Morgan fingerprint density at radius 3 is 2.27 bits per heavy atom. The van der Waals surface area contributed by atoms with Crippen molar-refractivity contribution in [2.45, 2.75) is 59.3 Å². The normalized spacial score (nSPS) is 19.6. The molecule has 1 saturated heterocycles. The minimum atomic E-state index is 0.371. The molecular weight excluding hydrogens is 374 g/mol. The van der Waals surface area contributed by atoms with Gasteiger partial charge >= 0.3 is 0 Å². The van der Waals surface area contributed by atoms with E-state index in [1.807, 2.05) is 30.3 Å². The van der Waals surface area contributed by atoms with Crippen molar-refractivity contribution in [3.8, 4) is 0 Å². The predicted octanol–water partition coefficient (Wildman–Crippen LogP) is 5.22. The molecule has 0 amide bonds. The lowest BCUT2D eigenvalue weighted by molar-refractivity contribution is 0.208. The molecule has 2 fully saturated rings. The van der Waals surface area contributed by atoms with Crippen LogP contribution in [0.5, 0.6) is 0 Å². The Labute approximate surface area is 179 Å². The van der Waals surface area contributed by atoms with Crippen LogP contribution >= 0.6 is 0 Å². The van der Waals surface area contributed by atoms with Crippen molar-refractivity contribution in [2.24, 2.45) is 16.4 Å². The van der Waals surface area contributed by atoms with E-state index in [0.29, 0.717) is 23.3 Å². The molecule has 1 aromatic carbocycles. The Morgan fingerprint density at radius 2 is 1.60 bits per heavy atom. The van der Waals surface area contributed by atoms with Gasteiger partial charge in [0.25, 0.3) is 0 Å². The Kier molecular flexibility index (Phi) is 6.16. The summed E-state index contributed by atoms with van der Waals surface area (Å²) in [5.74, 6) is 2.50. The van der Waals surface area contributed by atoms with Crippen LogP contribution in [0.1, 0.15) is 59.3 Å². The highest BCUT2D eigenvalue weighted by molar-refractivity contribution is 5.85. The largest absolute Gasteiger partial charge is 0.341 e. The van der Waals surface area contributed by atoms with Gasteiger partial charge in [0.2, 0.25) is 17.8 Å². The molecular formula is C23H33N7. The van der Waals surface area contributed by atoms with Crippen molar-refractivity contribution in [3.63, 3.8) is 0 Å². The molecule has 7 nitrogen and oxygen atoms in total. The highest BCUT2D eigenvalue weighted by Gasteiger charge is 2.28. The van der Waals surface area contributed by atoms with Crippen LogP contribution in [0, 0.1) is 11.3 Å². The second-order valence-corrected chi connectivity index (χ2v) is 9.40. The topological polar surface area (TPSA) is 78.3 Å². The summed E-state index contributed by atoms with van der Waals surface area (Å²) >= 11 is 0. The highest BCUT2D eigenvalue weighted by atomic mass is 15.4. The van der Waals surface area contributed by atoms with Gasteiger partial charge in [-0.15, -0.1) is 0 Å². The highest BCUT2D eigenvalue weighted by Crippen LogP contribution is 2.36. The van der Waals surface area contributed by atoms with E-state index >= 15 is 0 Å². The van der Waals surface area contributed by atoms with E-state index in [-0.39, 0.29) is 0 Å². The van der Waals surface area contributed by atoms with E-state index in [4.69, 9.17) is 0 Å². The van der Waals surface area contributed by atoms with E-state index in [9.17, 15) is 0 Å². The van der Waals surface area contributed by atoms with Crippen LogP contribution in [-0.2, 0) is 0 Å². The first-order valence-electron chi connectivity index (χ1n) is 11.1. The summed E-state index contributed by atoms with van der Waals surface area (Å²) < 4.78 is 0. The van der Waals surface area contributed by atoms with Gasteiger partial charge in [-0.05, 0) is 62.0 Å². The molecule has 2 aliphatic rings. The first-order valence-corrected chi connectivity index (χ1v) is 11.1. The molecule has 1 aliphatic heterocycles. The number of benzene rings is 1. The predicted molar refractivity (Wildman–Crippen MR) is 123 cm³/mol. The van der Waals surface area contributed by atoms with Gasteiger partial charge in [-0.2, -0.15) is 20.1 Å². The van der Waals surface area contributed by atoms with Crippen molar-refractivity contribution >= 4 is 29.2 Å². The molecule has 0 bridgehead atoms. The molecule has 2 aromatic rings. The maximum Gasteiger partial charge on any atom is 0.250 e. The van der Waals surface area contributed by atoms with Crippen molar-refractivity contribution in [1.82, 2.24) is 15.0 Å². The molecule has 1 aliphatic carbocycles. The van der Waals surface area contributed by atoms with Gasteiger partial charge in [-0.3, -0.25) is 0 Å². The number of rotatable bonds is 5. The molecule has 2 N–H and O–H groups in total. The van der Waals surface area contributed by atoms with Gasteiger partial charge in [-0.1, -0.05) is 39.0 Å². The van der Waals surface area contributed by atoms with Crippen LogP contribution in [0.25, 0.3) is 0 Å². The maximum absolute atomic E-state index is 4.65. The Hall–Kier alpha value is -2.70. The molecule has 0 atom stereocenters. The molecule has 1 aromatic heterocycles. The van der Waals surface area contributed by atoms with Crippen LogP contribution in [0.15, 0.2) is 35.4 Å². The number of nitrogens with zero attached hydrogens (tertiary/aromatic N) is 5. The standard InChI is InChI=1S/C23H33N7/c1-23(2,3)17-11-13-19(14-12-17)28-29-21-25-20(24-18-9-5-4-6-10-18)26-22(27-21)30-15-7-8-16-30/h4-6,9-10,17H,7-8,11-16H2,1-3H3,(H2,24,25,26,27,29). The van der Waals surface area contributed by atoms with Gasteiger partial charge in [0.05, 0.1) is 0 Å². The van der Waals surface area contributed by atoms with E-state index in [1.54, 1.807) is 0 Å². The number of hydrogen-bond acceptors (Lipinski definition) is 7. The fourth-order valence-electron chi connectivity index (χ4n) is 4.24. The quantitative estimate of drug-likeness (QED) is 0.662. The molecule has 30 heavy (non-hydrogen) atoms. The van der Waals surface area contributed by atoms with Gasteiger partial charge in [0.15, 0.2) is 0 Å². The lowest BCUT2D eigenvalue weighted by atomic mass is 9.72. The second kappa shape index (κ2) is 8.98. The number of aromatic nitrogens is 3. The molecule has 0 unspecified atom stereocenters. The SMILES string of the molecule is CC(C)(C)C1CCC(=NNc2nc(Nc3ccccc3)nc(N3CCCC3)n2)CC1. The molecule has 2 heterocycles. The summed E-state index contributed by atoms with van der Waals surface area (Å²) in [5, 5.41) is 7.94. The van der Waals surface area contributed by atoms with Crippen molar-refractivity contribution in [3.05, 3.63) is 30.3 Å². The lowest BCUT2D eigenvalue weighted by Crippen LogP contribution is -2.26. The zero-order valence-corrected chi connectivity index (χ0v) is 18.4. The lowest BCUT2D eigenvalue weighted by Gasteiger charge is -2.34. The fraction of sp³-hybridized carbons (Fsp3) is 0.565. The summed E-state index contributed by atoms with van der Waals surface area (Å²) in [6, 6.07) is 9.97. The average Bonchev–Trinajstić information content (AvgIpc) is 3.28. The second-order valence-electron chi connectivity index (χ2n) is 9.40. The summed E-state index contributed by atoms with van der Waals surface area (Å²) in [6.45, 7) is 8.98.